The fraction of sp³-hybridized carbons (Fsp3) is 0.280. The van der Waals surface area contributed by atoms with Crippen molar-refractivity contribution in [1.82, 2.24) is 4.90 Å². The van der Waals surface area contributed by atoms with Gasteiger partial charge < -0.3 is 14.2 Å². The highest BCUT2D eigenvalue weighted by Gasteiger charge is 2.56. The summed E-state index contributed by atoms with van der Waals surface area (Å²) in [6.07, 6.45) is -0.298. The standard InChI is InChI=1S/C25H25NO3/c1-4-10-20(11-5-1)16-27-17-25-18-28-23(21-12-6-2-7-13-21)26(25)24(29-19-25)22-14-8-3-9-15-22/h1-15,23-24H,16-19H2/t23-,24+,25?. The van der Waals surface area contributed by atoms with E-state index >= 15 is 0 Å². The van der Waals surface area contributed by atoms with E-state index in [2.05, 4.69) is 65.6 Å². The molecule has 1 unspecified atom stereocenters. The number of nitrogens with zero attached hydrogens (tertiary/aromatic N) is 1. The molecule has 2 aliphatic rings. The molecule has 4 nitrogen and oxygen atoms in total. The van der Waals surface area contributed by atoms with Crippen LogP contribution in [-0.4, -0.2) is 30.3 Å². The molecule has 2 fully saturated rings. The molecule has 0 spiro atoms. The van der Waals surface area contributed by atoms with Crippen LogP contribution in [-0.2, 0) is 20.8 Å². The molecule has 0 amide bonds. The van der Waals surface area contributed by atoms with Gasteiger partial charge in [0.05, 0.1) is 32.0 Å². The second-order valence-electron chi connectivity index (χ2n) is 7.76. The van der Waals surface area contributed by atoms with Crippen LogP contribution >= 0.6 is 0 Å². The molecule has 0 aromatic heterocycles. The highest BCUT2D eigenvalue weighted by Crippen LogP contribution is 2.49. The Labute approximate surface area is 171 Å². The van der Waals surface area contributed by atoms with Crippen LogP contribution in [0.1, 0.15) is 29.1 Å². The molecule has 0 N–H and O–H groups in total. The van der Waals surface area contributed by atoms with Crippen LogP contribution in [0.3, 0.4) is 0 Å². The Bertz CT molecular complexity index is 865. The zero-order chi connectivity index (χ0) is 19.5. The van der Waals surface area contributed by atoms with Crippen molar-refractivity contribution in [3.05, 3.63) is 108 Å². The van der Waals surface area contributed by atoms with Gasteiger partial charge in [-0.05, 0) is 16.7 Å². The van der Waals surface area contributed by atoms with E-state index in [-0.39, 0.29) is 18.0 Å². The average molecular weight is 387 g/mol. The third-order valence-electron chi connectivity index (χ3n) is 5.72. The normalized spacial score (nSPS) is 26.5. The third kappa shape index (κ3) is 3.61. The first-order valence-corrected chi connectivity index (χ1v) is 10.1. The summed E-state index contributed by atoms with van der Waals surface area (Å²) in [5.74, 6) is 0. The molecule has 0 saturated carbocycles. The van der Waals surface area contributed by atoms with Crippen LogP contribution in [0.4, 0.5) is 0 Å². The second kappa shape index (κ2) is 8.09. The van der Waals surface area contributed by atoms with Gasteiger partial charge in [-0.3, -0.25) is 0 Å². The number of hydrogen-bond donors (Lipinski definition) is 0. The zero-order valence-corrected chi connectivity index (χ0v) is 16.3. The van der Waals surface area contributed by atoms with Crippen molar-refractivity contribution in [3.8, 4) is 0 Å². The fourth-order valence-electron chi connectivity index (χ4n) is 4.28. The number of hydrogen-bond acceptors (Lipinski definition) is 4. The fourth-order valence-corrected chi connectivity index (χ4v) is 4.28. The molecule has 0 bridgehead atoms. The Hall–Kier alpha value is -2.50. The Morgan fingerprint density at radius 3 is 1.72 bits per heavy atom. The molecule has 29 heavy (non-hydrogen) atoms. The molecule has 4 heteroatoms. The van der Waals surface area contributed by atoms with E-state index in [0.717, 1.165) is 11.1 Å². The summed E-state index contributed by atoms with van der Waals surface area (Å²) in [4.78, 5) is 2.36. The van der Waals surface area contributed by atoms with Crippen molar-refractivity contribution < 1.29 is 14.2 Å². The molecule has 2 heterocycles. The van der Waals surface area contributed by atoms with Crippen molar-refractivity contribution in [2.75, 3.05) is 19.8 Å². The van der Waals surface area contributed by atoms with Crippen LogP contribution in [0.2, 0.25) is 0 Å². The van der Waals surface area contributed by atoms with Crippen molar-refractivity contribution in [2.45, 2.75) is 24.6 Å². The third-order valence-corrected chi connectivity index (χ3v) is 5.72. The molecule has 3 aromatic carbocycles. The van der Waals surface area contributed by atoms with Crippen LogP contribution in [0.5, 0.6) is 0 Å². The predicted octanol–water partition coefficient (Wildman–Crippen LogP) is 4.70. The minimum atomic E-state index is -0.296. The second-order valence-corrected chi connectivity index (χ2v) is 7.76. The maximum atomic E-state index is 6.33. The van der Waals surface area contributed by atoms with Crippen LogP contribution in [0.25, 0.3) is 0 Å². The lowest BCUT2D eigenvalue weighted by Gasteiger charge is -2.34. The first kappa shape index (κ1) is 18.5. The highest BCUT2D eigenvalue weighted by molar-refractivity contribution is 5.25. The Morgan fingerprint density at radius 2 is 1.21 bits per heavy atom. The van der Waals surface area contributed by atoms with Crippen molar-refractivity contribution in [2.24, 2.45) is 0 Å². The van der Waals surface area contributed by atoms with E-state index in [9.17, 15) is 0 Å². The summed E-state index contributed by atoms with van der Waals surface area (Å²) in [6, 6.07) is 31.0. The van der Waals surface area contributed by atoms with Gasteiger partial charge in [-0.1, -0.05) is 91.0 Å². The molecule has 2 saturated heterocycles. The van der Waals surface area contributed by atoms with E-state index in [1.165, 1.54) is 5.56 Å². The van der Waals surface area contributed by atoms with Crippen LogP contribution in [0.15, 0.2) is 91.0 Å². The summed E-state index contributed by atoms with van der Waals surface area (Å²) >= 11 is 0. The summed E-state index contributed by atoms with van der Waals surface area (Å²) in [7, 11) is 0. The summed E-state index contributed by atoms with van der Waals surface area (Å²) < 4.78 is 18.8. The lowest BCUT2D eigenvalue weighted by atomic mass is 10.0. The van der Waals surface area contributed by atoms with Gasteiger partial charge in [-0.25, -0.2) is 4.90 Å². The van der Waals surface area contributed by atoms with Crippen molar-refractivity contribution in [3.63, 3.8) is 0 Å². The first-order valence-electron chi connectivity index (χ1n) is 10.1. The molecule has 148 valence electrons. The lowest BCUT2D eigenvalue weighted by Crippen LogP contribution is -2.48. The summed E-state index contributed by atoms with van der Waals surface area (Å²) in [5, 5.41) is 0. The molecule has 0 aliphatic carbocycles. The SMILES string of the molecule is c1ccc(COCC23CO[C@H](c4ccccc4)N2[C@H](c2ccccc2)OC3)cc1. The zero-order valence-electron chi connectivity index (χ0n) is 16.3. The van der Waals surface area contributed by atoms with E-state index < -0.39 is 0 Å². The predicted molar refractivity (Wildman–Crippen MR) is 111 cm³/mol. The molecule has 3 aromatic rings. The Kier molecular flexibility index (Phi) is 5.17. The number of benzene rings is 3. The van der Waals surface area contributed by atoms with Gasteiger partial charge in [0.15, 0.2) is 0 Å². The Morgan fingerprint density at radius 1 is 0.724 bits per heavy atom. The van der Waals surface area contributed by atoms with E-state index in [1.54, 1.807) is 0 Å². The minimum absolute atomic E-state index is 0.149. The average Bonchev–Trinajstić information content (AvgIpc) is 3.33. The van der Waals surface area contributed by atoms with Gasteiger partial charge in [0, 0.05) is 0 Å². The summed E-state index contributed by atoms with van der Waals surface area (Å²) in [6.45, 7) is 2.33. The largest absolute Gasteiger partial charge is 0.375 e. The van der Waals surface area contributed by atoms with E-state index in [4.69, 9.17) is 14.2 Å². The van der Waals surface area contributed by atoms with E-state index in [0.29, 0.717) is 26.4 Å². The van der Waals surface area contributed by atoms with Crippen molar-refractivity contribution >= 4 is 0 Å². The van der Waals surface area contributed by atoms with E-state index in [1.807, 2.05) is 30.3 Å². The molecule has 5 rings (SSSR count). The molecule has 0 radical (unpaired) electrons. The monoisotopic (exact) mass is 387 g/mol. The van der Waals surface area contributed by atoms with Crippen molar-refractivity contribution in [1.29, 1.82) is 0 Å². The van der Waals surface area contributed by atoms with Gasteiger partial charge in [0.25, 0.3) is 0 Å². The van der Waals surface area contributed by atoms with Crippen LogP contribution in [0, 0.1) is 0 Å². The maximum Gasteiger partial charge on any atom is 0.139 e. The topological polar surface area (TPSA) is 30.9 Å². The smallest absolute Gasteiger partial charge is 0.139 e. The minimum Gasteiger partial charge on any atom is -0.375 e. The molecule has 3 atom stereocenters. The summed E-state index contributed by atoms with van der Waals surface area (Å²) in [5.41, 5.74) is 3.16. The molecular weight excluding hydrogens is 362 g/mol. The quantitative estimate of drug-likeness (QED) is 0.613. The number of fused-ring (bicyclic) bond motifs is 1. The number of ether oxygens (including phenoxy) is 3. The van der Waals surface area contributed by atoms with Gasteiger partial charge in [0.1, 0.15) is 12.5 Å². The van der Waals surface area contributed by atoms with Crippen LogP contribution < -0.4 is 0 Å². The number of rotatable bonds is 6. The first-order chi connectivity index (χ1) is 14.4. The van der Waals surface area contributed by atoms with Gasteiger partial charge >= 0.3 is 0 Å². The van der Waals surface area contributed by atoms with Gasteiger partial charge in [-0.15, -0.1) is 0 Å². The lowest BCUT2D eigenvalue weighted by molar-refractivity contribution is -0.0644. The maximum absolute atomic E-state index is 6.33. The van der Waals surface area contributed by atoms with Gasteiger partial charge in [0.2, 0.25) is 0 Å². The Balaban J connectivity index is 1.41. The molecule has 2 aliphatic heterocycles. The molecular formula is C25H25NO3. The highest BCUT2D eigenvalue weighted by atomic mass is 16.6. The van der Waals surface area contributed by atoms with Gasteiger partial charge in [-0.2, -0.15) is 0 Å².